The Morgan fingerprint density at radius 1 is 1.19 bits per heavy atom. The SMILES string of the molecule is Cc1ccc(CNC2CCSc3ccc(F)cc32)cc1F. The van der Waals surface area contributed by atoms with Gasteiger partial charge in [-0.15, -0.1) is 11.8 Å². The van der Waals surface area contributed by atoms with Crippen molar-refractivity contribution >= 4 is 11.8 Å². The highest BCUT2D eigenvalue weighted by atomic mass is 32.2. The van der Waals surface area contributed by atoms with Crippen LogP contribution in [-0.2, 0) is 6.54 Å². The average molecular weight is 305 g/mol. The molecule has 1 unspecified atom stereocenters. The third-order valence-corrected chi connectivity index (χ3v) is 4.92. The fraction of sp³-hybridized carbons (Fsp3) is 0.294. The van der Waals surface area contributed by atoms with Gasteiger partial charge in [0.15, 0.2) is 0 Å². The lowest BCUT2D eigenvalue weighted by atomic mass is 10.0. The van der Waals surface area contributed by atoms with Gasteiger partial charge in [-0.25, -0.2) is 8.78 Å². The smallest absolute Gasteiger partial charge is 0.126 e. The van der Waals surface area contributed by atoms with Gasteiger partial charge in [-0.05, 0) is 60.1 Å². The second kappa shape index (κ2) is 6.16. The molecule has 0 saturated heterocycles. The number of hydrogen-bond donors (Lipinski definition) is 1. The average Bonchev–Trinajstić information content (AvgIpc) is 2.48. The summed E-state index contributed by atoms with van der Waals surface area (Å²) < 4.78 is 27.0. The standard InChI is InChI=1S/C17H17F2NS/c1-11-2-3-12(8-15(11)19)10-20-16-6-7-21-17-5-4-13(18)9-14(16)17/h2-5,8-9,16,20H,6-7,10H2,1H3. The summed E-state index contributed by atoms with van der Waals surface area (Å²) in [7, 11) is 0. The summed E-state index contributed by atoms with van der Waals surface area (Å²) in [6.07, 6.45) is 0.954. The van der Waals surface area contributed by atoms with E-state index in [1.54, 1.807) is 36.9 Å². The molecule has 0 amide bonds. The van der Waals surface area contributed by atoms with Gasteiger partial charge in [0.05, 0.1) is 0 Å². The molecule has 0 saturated carbocycles. The maximum atomic E-state index is 13.6. The number of thioether (sulfide) groups is 1. The topological polar surface area (TPSA) is 12.0 Å². The van der Waals surface area contributed by atoms with E-state index >= 15 is 0 Å². The number of hydrogen-bond acceptors (Lipinski definition) is 2. The van der Waals surface area contributed by atoms with Crippen LogP contribution in [0.2, 0.25) is 0 Å². The lowest BCUT2D eigenvalue weighted by molar-refractivity contribution is 0.503. The van der Waals surface area contributed by atoms with Gasteiger partial charge in [0.25, 0.3) is 0 Å². The number of halogens is 2. The predicted octanol–water partition coefficient (Wildman–Crippen LogP) is 4.60. The Bertz CT molecular complexity index is 657. The first-order valence-corrected chi connectivity index (χ1v) is 8.03. The lowest BCUT2D eigenvalue weighted by Crippen LogP contribution is -2.24. The highest BCUT2D eigenvalue weighted by molar-refractivity contribution is 7.99. The highest BCUT2D eigenvalue weighted by Gasteiger charge is 2.20. The van der Waals surface area contributed by atoms with Gasteiger partial charge < -0.3 is 5.32 Å². The Morgan fingerprint density at radius 3 is 2.86 bits per heavy atom. The van der Waals surface area contributed by atoms with Gasteiger partial charge in [-0.3, -0.25) is 0 Å². The summed E-state index contributed by atoms with van der Waals surface area (Å²) in [5.74, 6) is 0.628. The van der Waals surface area contributed by atoms with Gasteiger partial charge in [0.1, 0.15) is 11.6 Å². The molecule has 1 N–H and O–H groups in total. The van der Waals surface area contributed by atoms with E-state index in [0.717, 1.165) is 28.2 Å². The van der Waals surface area contributed by atoms with Gasteiger partial charge >= 0.3 is 0 Å². The molecule has 0 fully saturated rings. The minimum Gasteiger partial charge on any atom is -0.306 e. The zero-order chi connectivity index (χ0) is 14.8. The monoisotopic (exact) mass is 305 g/mol. The van der Waals surface area contributed by atoms with Crippen molar-refractivity contribution in [2.75, 3.05) is 5.75 Å². The molecule has 21 heavy (non-hydrogen) atoms. The van der Waals surface area contributed by atoms with Gasteiger partial charge in [0, 0.05) is 17.5 Å². The molecule has 4 heteroatoms. The molecule has 1 aliphatic rings. The van der Waals surface area contributed by atoms with Crippen LogP contribution in [0.5, 0.6) is 0 Å². The van der Waals surface area contributed by atoms with Gasteiger partial charge in [-0.1, -0.05) is 12.1 Å². The molecule has 2 aromatic carbocycles. The van der Waals surface area contributed by atoms with Crippen LogP contribution in [0, 0.1) is 18.6 Å². The maximum Gasteiger partial charge on any atom is 0.126 e. The summed E-state index contributed by atoms with van der Waals surface area (Å²) in [6.45, 7) is 2.34. The number of aryl methyl sites for hydroxylation is 1. The second-order valence-corrected chi connectivity index (χ2v) is 6.47. The summed E-state index contributed by atoms with van der Waals surface area (Å²) in [5.41, 5.74) is 2.58. The summed E-state index contributed by atoms with van der Waals surface area (Å²) in [6, 6.07) is 10.4. The number of fused-ring (bicyclic) bond motifs is 1. The number of benzene rings is 2. The quantitative estimate of drug-likeness (QED) is 0.889. The Balaban J connectivity index is 1.74. The van der Waals surface area contributed by atoms with E-state index in [-0.39, 0.29) is 17.7 Å². The first kappa shape index (κ1) is 14.5. The molecule has 0 aliphatic carbocycles. The molecule has 1 nitrogen and oxygen atoms in total. The zero-order valence-corrected chi connectivity index (χ0v) is 12.6. The second-order valence-electron chi connectivity index (χ2n) is 5.34. The molecule has 110 valence electrons. The molecule has 3 rings (SSSR count). The summed E-state index contributed by atoms with van der Waals surface area (Å²) >= 11 is 1.76. The van der Waals surface area contributed by atoms with Crippen molar-refractivity contribution in [1.29, 1.82) is 0 Å². The molecular formula is C17H17F2NS. The Kier molecular flexibility index (Phi) is 4.27. The molecule has 1 aliphatic heterocycles. The van der Waals surface area contributed by atoms with E-state index in [1.165, 1.54) is 6.07 Å². The van der Waals surface area contributed by atoms with Crippen molar-refractivity contribution in [3.63, 3.8) is 0 Å². The Labute approximate surface area is 127 Å². The summed E-state index contributed by atoms with van der Waals surface area (Å²) in [5, 5.41) is 3.42. The lowest BCUT2D eigenvalue weighted by Gasteiger charge is -2.26. The zero-order valence-electron chi connectivity index (χ0n) is 11.8. The van der Waals surface area contributed by atoms with Crippen molar-refractivity contribution < 1.29 is 8.78 Å². The van der Waals surface area contributed by atoms with Crippen molar-refractivity contribution in [1.82, 2.24) is 5.32 Å². The number of nitrogens with one attached hydrogen (secondary N) is 1. The van der Waals surface area contributed by atoms with E-state index in [2.05, 4.69) is 5.32 Å². The molecular weight excluding hydrogens is 288 g/mol. The van der Waals surface area contributed by atoms with E-state index in [9.17, 15) is 8.78 Å². The first-order valence-electron chi connectivity index (χ1n) is 7.04. The maximum absolute atomic E-state index is 13.6. The van der Waals surface area contributed by atoms with Crippen LogP contribution in [0.4, 0.5) is 8.78 Å². The minimum absolute atomic E-state index is 0.126. The first-order chi connectivity index (χ1) is 10.1. The van der Waals surface area contributed by atoms with Gasteiger partial charge in [0.2, 0.25) is 0 Å². The molecule has 0 bridgehead atoms. The molecule has 1 heterocycles. The van der Waals surface area contributed by atoms with E-state index in [4.69, 9.17) is 0 Å². The molecule has 2 aromatic rings. The Hall–Kier alpha value is -1.39. The van der Waals surface area contributed by atoms with Crippen molar-refractivity contribution in [3.8, 4) is 0 Å². The van der Waals surface area contributed by atoms with Crippen LogP contribution in [0.25, 0.3) is 0 Å². The normalized spacial score (nSPS) is 17.6. The highest BCUT2D eigenvalue weighted by Crippen LogP contribution is 2.36. The fourth-order valence-corrected chi connectivity index (χ4v) is 3.67. The van der Waals surface area contributed by atoms with Crippen LogP contribution in [0.15, 0.2) is 41.3 Å². The van der Waals surface area contributed by atoms with Gasteiger partial charge in [-0.2, -0.15) is 0 Å². The van der Waals surface area contributed by atoms with Crippen LogP contribution in [0.1, 0.15) is 29.2 Å². The van der Waals surface area contributed by atoms with Crippen molar-refractivity contribution in [2.24, 2.45) is 0 Å². The molecule has 0 aromatic heterocycles. The van der Waals surface area contributed by atoms with Crippen LogP contribution in [0.3, 0.4) is 0 Å². The Morgan fingerprint density at radius 2 is 2.05 bits per heavy atom. The number of rotatable bonds is 3. The van der Waals surface area contributed by atoms with E-state index < -0.39 is 0 Å². The molecule has 1 atom stereocenters. The third kappa shape index (κ3) is 3.27. The predicted molar refractivity (Wildman–Crippen MR) is 82.5 cm³/mol. The van der Waals surface area contributed by atoms with Crippen molar-refractivity contribution in [2.45, 2.75) is 30.8 Å². The van der Waals surface area contributed by atoms with Crippen LogP contribution < -0.4 is 5.32 Å². The van der Waals surface area contributed by atoms with Crippen molar-refractivity contribution in [3.05, 3.63) is 64.7 Å². The fourth-order valence-electron chi connectivity index (χ4n) is 2.56. The summed E-state index contributed by atoms with van der Waals surface area (Å²) in [4.78, 5) is 1.13. The largest absolute Gasteiger partial charge is 0.306 e. The van der Waals surface area contributed by atoms with E-state index in [1.807, 2.05) is 12.1 Å². The minimum atomic E-state index is -0.204. The third-order valence-electron chi connectivity index (χ3n) is 3.80. The molecule has 0 radical (unpaired) electrons. The van der Waals surface area contributed by atoms with E-state index in [0.29, 0.717) is 12.1 Å². The molecule has 0 spiro atoms. The van der Waals surface area contributed by atoms with Crippen LogP contribution >= 0.6 is 11.8 Å². The van der Waals surface area contributed by atoms with Crippen LogP contribution in [-0.4, -0.2) is 5.75 Å².